The van der Waals surface area contributed by atoms with Gasteiger partial charge in [0.1, 0.15) is 34.5 Å². The first kappa shape index (κ1) is 45.3. The van der Waals surface area contributed by atoms with Crippen molar-refractivity contribution < 1.29 is 30.6 Å². The van der Waals surface area contributed by atoms with Crippen molar-refractivity contribution in [2.24, 2.45) is 17.3 Å². The molecule has 10 rings (SSSR count). The second-order valence-electron chi connectivity index (χ2n) is 20.2. The zero-order chi connectivity index (χ0) is 47.9. The molecule has 8 aromatic rings. The van der Waals surface area contributed by atoms with Crippen LogP contribution in [-0.2, 0) is 10.8 Å². The maximum atomic E-state index is 11.7. The van der Waals surface area contributed by atoms with Crippen molar-refractivity contribution in [2.75, 3.05) is 0 Å². The van der Waals surface area contributed by atoms with Crippen LogP contribution in [0.4, 0.5) is 0 Å². The Bertz CT molecular complexity index is 2840. The quantitative estimate of drug-likeness (QED) is 0.0813. The van der Waals surface area contributed by atoms with Crippen molar-refractivity contribution in [3.05, 3.63) is 204 Å². The van der Waals surface area contributed by atoms with E-state index in [0.29, 0.717) is 23.0 Å². The van der Waals surface area contributed by atoms with E-state index in [9.17, 15) is 30.6 Å². The highest BCUT2D eigenvalue weighted by Crippen LogP contribution is 2.60. The molecule has 6 nitrogen and oxygen atoms in total. The van der Waals surface area contributed by atoms with E-state index in [4.69, 9.17) is 0 Å². The van der Waals surface area contributed by atoms with Gasteiger partial charge < -0.3 is 30.6 Å². The molecule has 69 heavy (non-hydrogen) atoms. The molecule has 0 bridgehead atoms. The van der Waals surface area contributed by atoms with E-state index in [-0.39, 0.29) is 50.7 Å². The van der Waals surface area contributed by atoms with Crippen molar-refractivity contribution in [2.45, 2.75) is 76.0 Å². The standard InChI is InChI=1S/C63H60O6/c1-61(2,45-33-37-62(38-34-45,47-9-5-3-6-10-47)53-29-31-55(68)59(43-17-25-51(66)26-18-43)57(53)41-13-21-49(64)22-14-41)46-35-39-63(40-36-46,48-11-7-4-8-12-48)54-30-32-56(69)60(44-19-27-52(67)28-20-44)58(54)42-15-23-50(65)24-16-42/h3-32,45-46,64-69H,33-40H2,1-2H3. The monoisotopic (exact) mass is 912 g/mol. The summed E-state index contributed by atoms with van der Waals surface area (Å²) in [6, 6.07) is 58.2. The summed E-state index contributed by atoms with van der Waals surface area (Å²) in [5, 5.41) is 64.8. The van der Waals surface area contributed by atoms with Gasteiger partial charge in [-0.05, 0) is 185 Å². The summed E-state index contributed by atoms with van der Waals surface area (Å²) < 4.78 is 0. The van der Waals surface area contributed by atoms with E-state index >= 15 is 0 Å². The molecule has 0 amide bonds. The minimum Gasteiger partial charge on any atom is -0.508 e. The molecule has 0 radical (unpaired) electrons. The Balaban J connectivity index is 1.01. The lowest BCUT2D eigenvalue weighted by atomic mass is 9.52. The Morgan fingerprint density at radius 1 is 0.333 bits per heavy atom. The van der Waals surface area contributed by atoms with Crippen molar-refractivity contribution in [1.29, 1.82) is 0 Å². The summed E-state index contributed by atoms with van der Waals surface area (Å²) in [7, 11) is 0. The lowest BCUT2D eigenvalue weighted by Gasteiger charge is -2.52. The van der Waals surface area contributed by atoms with Crippen LogP contribution < -0.4 is 0 Å². The molecule has 8 aromatic carbocycles. The first-order valence-electron chi connectivity index (χ1n) is 24.4. The van der Waals surface area contributed by atoms with Gasteiger partial charge in [-0.1, -0.05) is 135 Å². The second kappa shape index (κ2) is 18.2. The molecule has 0 saturated heterocycles. The summed E-state index contributed by atoms with van der Waals surface area (Å²) in [6.07, 6.45) is 7.75. The number of rotatable bonds is 10. The van der Waals surface area contributed by atoms with Crippen LogP contribution >= 0.6 is 0 Å². The Morgan fingerprint density at radius 2 is 0.609 bits per heavy atom. The van der Waals surface area contributed by atoms with Crippen LogP contribution in [0.2, 0.25) is 0 Å². The van der Waals surface area contributed by atoms with Crippen LogP contribution in [-0.4, -0.2) is 30.6 Å². The van der Waals surface area contributed by atoms with Gasteiger partial charge in [-0.3, -0.25) is 0 Å². The summed E-state index contributed by atoms with van der Waals surface area (Å²) in [5.41, 5.74) is 10.8. The van der Waals surface area contributed by atoms with Gasteiger partial charge in [0, 0.05) is 22.0 Å². The lowest BCUT2D eigenvalue weighted by molar-refractivity contribution is 0.0366. The maximum Gasteiger partial charge on any atom is 0.124 e. The molecular formula is C63H60O6. The highest BCUT2D eigenvalue weighted by atomic mass is 16.3. The summed E-state index contributed by atoms with van der Waals surface area (Å²) in [5.74, 6) is 1.90. The highest BCUT2D eigenvalue weighted by Gasteiger charge is 2.49. The minimum atomic E-state index is -0.367. The van der Waals surface area contributed by atoms with Gasteiger partial charge in [0.25, 0.3) is 0 Å². The Kier molecular flexibility index (Phi) is 12.0. The SMILES string of the molecule is CC(C)(C1CCC(c2ccccc2)(c2ccc(O)c(-c3ccc(O)cc3)c2-c2ccc(O)cc2)CC1)C1CCC(c2ccccc2)(c2ccc(O)c(-c3ccc(O)cc3)c2-c2ccc(O)cc2)CC1. The van der Waals surface area contributed by atoms with E-state index < -0.39 is 0 Å². The van der Waals surface area contributed by atoms with Crippen LogP contribution in [0.25, 0.3) is 44.5 Å². The van der Waals surface area contributed by atoms with E-state index in [2.05, 4.69) is 86.6 Å². The molecule has 2 aliphatic rings. The summed E-state index contributed by atoms with van der Waals surface area (Å²) in [6.45, 7) is 5.01. The van der Waals surface area contributed by atoms with Crippen LogP contribution in [0.5, 0.6) is 34.5 Å². The summed E-state index contributed by atoms with van der Waals surface area (Å²) in [4.78, 5) is 0. The van der Waals surface area contributed by atoms with Gasteiger partial charge in [-0.2, -0.15) is 0 Å². The number of benzene rings is 8. The zero-order valence-electron chi connectivity index (χ0n) is 39.3. The third-order valence-corrected chi connectivity index (χ3v) is 16.5. The molecular weight excluding hydrogens is 853 g/mol. The molecule has 0 unspecified atom stereocenters. The average Bonchev–Trinajstić information content (AvgIpc) is 3.38. The molecule has 0 heterocycles. The van der Waals surface area contributed by atoms with Gasteiger partial charge in [-0.15, -0.1) is 0 Å². The Morgan fingerprint density at radius 3 is 0.899 bits per heavy atom. The third kappa shape index (κ3) is 8.26. The van der Waals surface area contributed by atoms with Crippen molar-refractivity contribution in [3.63, 3.8) is 0 Å². The van der Waals surface area contributed by atoms with Crippen molar-refractivity contribution in [3.8, 4) is 79.0 Å². The zero-order valence-corrected chi connectivity index (χ0v) is 39.3. The summed E-state index contributed by atoms with van der Waals surface area (Å²) >= 11 is 0. The average molecular weight is 913 g/mol. The smallest absolute Gasteiger partial charge is 0.124 e. The normalized spacial score (nSPS) is 20.6. The number of phenols is 6. The fraction of sp³-hybridized carbons (Fsp3) is 0.238. The van der Waals surface area contributed by atoms with Crippen molar-refractivity contribution >= 4 is 0 Å². The van der Waals surface area contributed by atoms with Gasteiger partial charge in [0.05, 0.1) is 0 Å². The third-order valence-electron chi connectivity index (χ3n) is 16.5. The second-order valence-corrected chi connectivity index (χ2v) is 20.2. The predicted molar refractivity (Wildman–Crippen MR) is 277 cm³/mol. The van der Waals surface area contributed by atoms with Gasteiger partial charge in [0.15, 0.2) is 0 Å². The Labute approximate surface area is 405 Å². The Hall–Kier alpha value is -7.44. The molecule has 0 aliphatic heterocycles. The van der Waals surface area contributed by atoms with Gasteiger partial charge >= 0.3 is 0 Å². The maximum absolute atomic E-state index is 11.7. The van der Waals surface area contributed by atoms with E-state index in [0.717, 1.165) is 95.9 Å². The molecule has 0 aromatic heterocycles. The number of hydrogen-bond donors (Lipinski definition) is 6. The molecule has 6 heteroatoms. The van der Waals surface area contributed by atoms with Crippen LogP contribution in [0.3, 0.4) is 0 Å². The predicted octanol–water partition coefficient (Wildman–Crippen LogP) is 15.3. The van der Waals surface area contributed by atoms with Crippen molar-refractivity contribution in [1.82, 2.24) is 0 Å². The lowest BCUT2D eigenvalue weighted by Crippen LogP contribution is -2.43. The topological polar surface area (TPSA) is 121 Å². The molecule has 0 atom stereocenters. The largest absolute Gasteiger partial charge is 0.508 e. The molecule has 348 valence electrons. The fourth-order valence-electron chi connectivity index (χ4n) is 12.7. The molecule has 6 N–H and O–H groups in total. The molecule has 2 aliphatic carbocycles. The van der Waals surface area contributed by atoms with E-state index in [1.165, 1.54) is 11.1 Å². The molecule has 2 fully saturated rings. The molecule has 2 saturated carbocycles. The van der Waals surface area contributed by atoms with Crippen LogP contribution in [0, 0.1) is 17.3 Å². The number of phenolic OH excluding ortho intramolecular Hbond substituents is 6. The first-order valence-corrected chi connectivity index (χ1v) is 24.4. The van der Waals surface area contributed by atoms with Crippen LogP contribution in [0.15, 0.2) is 182 Å². The van der Waals surface area contributed by atoms with E-state index in [1.54, 1.807) is 48.5 Å². The van der Waals surface area contributed by atoms with Gasteiger partial charge in [0.2, 0.25) is 0 Å². The van der Waals surface area contributed by atoms with Crippen LogP contribution in [0.1, 0.15) is 87.5 Å². The highest BCUT2D eigenvalue weighted by molar-refractivity contribution is 5.92. The first-order chi connectivity index (χ1) is 33.4. The number of aromatic hydroxyl groups is 6. The van der Waals surface area contributed by atoms with Gasteiger partial charge in [-0.25, -0.2) is 0 Å². The minimum absolute atomic E-state index is 0.0174. The molecule has 0 spiro atoms. The number of hydrogen-bond acceptors (Lipinski definition) is 6. The fourth-order valence-corrected chi connectivity index (χ4v) is 12.7. The van der Waals surface area contributed by atoms with E-state index in [1.807, 2.05) is 60.7 Å².